The van der Waals surface area contributed by atoms with E-state index in [1.807, 2.05) is 18.2 Å². The molecule has 1 aromatic heterocycles. The molecule has 11 heteroatoms. The SMILES string of the molecule is O=S(=O)(N[C@H]1CCN(c2cccnn2)C[C@H]1OCC1CCC(c2cccc(F)c2)CC1)N1CCOCC1. The first-order chi connectivity index (χ1) is 18.0. The fourth-order valence-electron chi connectivity index (χ4n) is 5.63. The molecule has 1 aromatic carbocycles. The summed E-state index contributed by atoms with van der Waals surface area (Å²) in [6.45, 7) is 3.29. The van der Waals surface area contributed by atoms with Crippen molar-refractivity contribution in [2.75, 3.05) is 50.9 Å². The lowest BCUT2D eigenvalue weighted by atomic mass is 9.79. The van der Waals surface area contributed by atoms with Gasteiger partial charge >= 0.3 is 0 Å². The minimum absolute atomic E-state index is 0.182. The summed E-state index contributed by atoms with van der Waals surface area (Å²) in [5.41, 5.74) is 1.07. The summed E-state index contributed by atoms with van der Waals surface area (Å²) in [4.78, 5) is 2.11. The monoisotopic (exact) mass is 533 g/mol. The predicted octanol–water partition coefficient (Wildman–Crippen LogP) is 2.72. The van der Waals surface area contributed by atoms with Gasteiger partial charge in [-0.25, -0.2) is 4.39 Å². The zero-order valence-electron chi connectivity index (χ0n) is 21.0. The maximum Gasteiger partial charge on any atom is 0.279 e. The average Bonchev–Trinajstić information content (AvgIpc) is 2.93. The lowest BCUT2D eigenvalue weighted by Gasteiger charge is -2.40. The van der Waals surface area contributed by atoms with Crippen LogP contribution in [0.5, 0.6) is 0 Å². The quantitative estimate of drug-likeness (QED) is 0.557. The van der Waals surface area contributed by atoms with E-state index in [4.69, 9.17) is 9.47 Å². The Morgan fingerprint density at radius 3 is 2.59 bits per heavy atom. The van der Waals surface area contributed by atoms with Crippen molar-refractivity contribution in [2.45, 2.75) is 50.2 Å². The second kappa shape index (κ2) is 12.1. The van der Waals surface area contributed by atoms with Crippen molar-refractivity contribution in [3.05, 3.63) is 54.0 Å². The molecule has 2 aromatic rings. The molecule has 0 bridgehead atoms. The maximum absolute atomic E-state index is 13.7. The van der Waals surface area contributed by atoms with Crippen LogP contribution < -0.4 is 9.62 Å². The summed E-state index contributed by atoms with van der Waals surface area (Å²) in [6, 6.07) is 10.4. The third kappa shape index (κ3) is 6.83. The van der Waals surface area contributed by atoms with Crippen molar-refractivity contribution in [3.8, 4) is 0 Å². The molecule has 2 atom stereocenters. The van der Waals surface area contributed by atoms with Crippen molar-refractivity contribution >= 4 is 16.0 Å². The Morgan fingerprint density at radius 2 is 1.86 bits per heavy atom. The van der Waals surface area contributed by atoms with Crippen LogP contribution >= 0.6 is 0 Å². The van der Waals surface area contributed by atoms with Crippen LogP contribution in [-0.4, -0.2) is 81.1 Å². The molecule has 9 nitrogen and oxygen atoms in total. The van der Waals surface area contributed by atoms with Crippen LogP contribution in [-0.2, 0) is 19.7 Å². The molecule has 3 fully saturated rings. The first kappa shape index (κ1) is 26.4. The lowest BCUT2D eigenvalue weighted by Crippen LogP contribution is -2.58. The van der Waals surface area contributed by atoms with E-state index in [1.165, 1.54) is 10.4 Å². The van der Waals surface area contributed by atoms with Gasteiger partial charge in [-0.3, -0.25) is 0 Å². The van der Waals surface area contributed by atoms with Gasteiger partial charge in [0.05, 0.1) is 25.4 Å². The summed E-state index contributed by atoms with van der Waals surface area (Å²) < 4.78 is 56.0. The Morgan fingerprint density at radius 1 is 1.05 bits per heavy atom. The normalized spacial score (nSPS) is 27.8. The Balaban J connectivity index is 1.21. The predicted molar refractivity (Wildman–Crippen MR) is 138 cm³/mol. The van der Waals surface area contributed by atoms with E-state index < -0.39 is 10.2 Å². The van der Waals surface area contributed by atoms with E-state index >= 15 is 0 Å². The van der Waals surface area contributed by atoms with Crippen LogP contribution in [0.3, 0.4) is 0 Å². The number of hydrogen-bond donors (Lipinski definition) is 1. The molecule has 1 aliphatic carbocycles. The highest BCUT2D eigenvalue weighted by Gasteiger charge is 2.36. The number of aromatic nitrogens is 2. The highest BCUT2D eigenvalue weighted by Crippen LogP contribution is 2.36. The number of nitrogens with one attached hydrogen (secondary N) is 1. The topological polar surface area (TPSA) is 96.9 Å². The Kier molecular flexibility index (Phi) is 8.66. The Bertz CT molecular complexity index is 1110. The zero-order valence-corrected chi connectivity index (χ0v) is 21.9. The van der Waals surface area contributed by atoms with E-state index in [-0.39, 0.29) is 18.0 Å². The number of halogens is 1. The van der Waals surface area contributed by atoms with Crippen LogP contribution in [0.2, 0.25) is 0 Å². The summed E-state index contributed by atoms with van der Waals surface area (Å²) in [6.07, 6.45) is 5.95. The van der Waals surface area contributed by atoms with Crippen LogP contribution in [0.1, 0.15) is 43.6 Å². The van der Waals surface area contributed by atoms with Gasteiger partial charge < -0.3 is 14.4 Å². The zero-order chi connectivity index (χ0) is 25.7. The average molecular weight is 534 g/mol. The van der Waals surface area contributed by atoms with Gasteiger partial charge in [0.1, 0.15) is 5.82 Å². The third-order valence-electron chi connectivity index (χ3n) is 7.76. The molecule has 2 saturated heterocycles. The summed E-state index contributed by atoms with van der Waals surface area (Å²) >= 11 is 0. The van der Waals surface area contributed by atoms with Crippen LogP contribution in [0.25, 0.3) is 0 Å². The molecular weight excluding hydrogens is 497 g/mol. The van der Waals surface area contributed by atoms with E-state index in [1.54, 1.807) is 18.3 Å². The van der Waals surface area contributed by atoms with Crippen LogP contribution in [0.15, 0.2) is 42.6 Å². The fourth-order valence-corrected chi connectivity index (χ4v) is 7.06. The molecule has 0 radical (unpaired) electrons. The molecule has 2 aliphatic heterocycles. The van der Waals surface area contributed by atoms with Crippen molar-refractivity contribution < 1.29 is 22.3 Å². The van der Waals surface area contributed by atoms with E-state index in [0.29, 0.717) is 64.3 Å². The molecule has 5 rings (SSSR count). The number of morpholine rings is 1. The molecule has 37 heavy (non-hydrogen) atoms. The third-order valence-corrected chi connectivity index (χ3v) is 9.41. The summed E-state index contributed by atoms with van der Waals surface area (Å²) in [7, 11) is -3.64. The molecule has 0 amide bonds. The first-order valence-electron chi connectivity index (χ1n) is 13.2. The van der Waals surface area contributed by atoms with Crippen molar-refractivity contribution in [2.24, 2.45) is 5.92 Å². The second-order valence-corrected chi connectivity index (χ2v) is 11.9. The number of anilines is 1. The molecule has 3 aliphatic rings. The van der Waals surface area contributed by atoms with E-state index in [0.717, 1.165) is 37.1 Å². The van der Waals surface area contributed by atoms with Crippen molar-refractivity contribution in [3.63, 3.8) is 0 Å². The van der Waals surface area contributed by atoms with Gasteiger partial charge in [-0.15, -0.1) is 5.10 Å². The lowest BCUT2D eigenvalue weighted by molar-refractivity contribution is -0.00198. The summed E-state index contributed by atoms with van der Waals surface area (Å²) in [5, 5.41) is 8.23. The van der Waals surface area contributed by atoms with E-state index in [9.17, 15) is 12.8 Å². The molecular formula is C26H36FN5O4S. The number of benzene rings is 1. The summed E-state index contributed by atoms with van der Waals surface area (Å²) in [5.74, 6) is 1.36. The molecule has 1 N–H and O–H groups in total. The second-order valence-electron chi connectivity index (χ2n) is 10.2. The van der Waals surface area contributed by atoms with Gasteiger partial charge in [0, 0.05) is 39.0 Å². The Hall–Kier alpha value is -2.18. The van der Waals surface area contributed by atoms with E-state index in [2.05, 4.69) is 19.8 Å². The van der Waals surface area contributed by atoms with Gasteiger partial charge in [-0.1, -0.05) is 12.1 Å². The minimum atomic E-state index is -3.64. The highest BCUT2D eigenvalue weighted by molar-refractivity contribution is 7.87. The number of ether oxygens (including phenoxy) is 2. The maximum atomic E-state index is 13.7. The molecule has 1 saturated carbocycles. The number of piperidine rings is 1. The number of rotatable bonds is 8. The van der Waals surface area contributed by atoms with Gasteiger partial charge in [0.2, 0.25) is 0 Å². The molecule has 3 heterocycles. The van der Waals surface area contributed by atoms with Gasteiger partial charge in [-0.05, 0) is 73.8 Å². The highest BCUT2D eigenvalue weighted by atomic mass is 32.2. The van der Waals surface area contributed by atoms with Crippen LogP contribution in [0, 0.1) is 11.7 Å². The Labute approximate surface area is 218 Å². The number of hydrogen-bond acceptors (Lipinski definition) is 7. The van der Waals surface area contributed by atoms with Crippen molar-refractivity contribution in [1.82, 2.24) is 19.2 Å². The van der Waals surface area contributed by atoms with Gasteiger partial charge in [0.25, 0.3) is 10.2 Å². The van der Waals surface area contributed by atoms with Gasteiger partial charge in [0.15, 0.2) is 5.82 Å². The van der Waals surface area contributed by atoms with Gasteiger partial charge in [-0.2, -0.15) is 22.5 Å². The molecule has 202 valence electrons. The fraction of sp³-hybridized carbons (Fsp3) is 0.615. The molecule has 0 unspecified atom stereocenters. The largest absolute Gasteiger partial charge is 0.379 e. The van der Waals surface area contributed by atoms with Crippen LogP contribution in [0.4, 0.5) is 10.2 Å². The minimum Gasteiger partial charge on any atom is -0.379 e. The number of nitrogens with zero attached hydrogens (tertiary/aromatic N) is 4. The smallest absolute Gasteiger partial charge is 0.279 e. The first-order valence-corrected chi connectivity index (χ1v) is 14.7. The standard InChI is InChI=1S/C26H36FN5O4S/c27-23-4-1-3-22(17-23)21-8-6-20(7-9-21)19-36-25-18-31(26-5-2-11-28-29-26)12-10-24(25)30-37(33,34)32-13-15-35-16-14-32/h1-5,11,17,20-21,24-25,30H,6-10,12-16,18-19H2/t20?,21?,24-,25+/m0/s1. The molecule has 0 spiro atoms. The van der Waals surface area contributed by atoms with Crippen molar-refractivity contribution in [1.29, 1.82) is 0 Å².